The Morgan fingerprint density at radius 2 is 1.33 bits per heavy atom. The minimum atomic E-state index is -0.406. The van der Waals surface area contributed by atoms with E-state index in [0.717, 1.165) is 43.2 Å². The topological polar surface area (TPSA) is 61.8 Å². The molecule has 3 aromatic carbocycles. The number of rotatable bonds is 15. The molecule has 0 aliphatic heterocycles. The second-order valence-electron chi connectivity index (χ2n) is 10.0. The molecule has 0 heterocycles. The van der Waals surface area contributed by atoms with E-state index in [1.165, 1.54) is 12.0 Å². The predicted molar refractivity (Wildman–Crippen MR) is 156 cm³/mol. The van der Waals surface area contributed by atoms with E-state index in [-0.39, 0.29) is 5.97 Å². The van der Waals surface area contributed by atoms with Crippen molar-refractivity contribution < 1.29 is 23.8 Å². The van der Waals surface area contributed by atoms with Gasteiger partial charge in [0.15, 0.2) is 0 Å². The van der Waals surface area contributed by atoms with Crippen LogP contribution in [0.15, 0.2) is 84.9 Å². The first-order chi connectivity index (χ1) is 18.9. The molecule has 0 fully saturated rings. The second kappa shape index (κ2) is 15.5. The Hall–Kier alpha value is -3.86. The molecule has 0 bridgehead atoms. The van der Waals surface area contributed by atoms with Crippen LogP contribution in [0.5, 0.6) is 11.5 Å². The van der Waals surface area contributed by atoms with Gasteiger partial charge in [0, 0.05) is 5.57 Å². The highest BCUT2D eigenvalue weighted by Gasteiger charge is 2.10. The summed E-state index contributed by atoms with van der Waals surface area (Å²) < 4.78 is 16.4. The molecule has 3 aromatic rings. The molecular weight excluding hydrogens is 488 g/mol. The SMILES string of the molecule is C=C(C)C(=O)OCCCCCCOc1ccc(C(=O)Oc2ccc(-c3ccc(CC(C)CC)cc3)cc2)cc1. The summed E-state index contributed by atoms with van der Waals surface area (Å²) in [6.45, 7) is 10.7. The maximum absolute atomic E-state index is 12.6. The van der Waals surface area contributed by atoms with Gasteiger partial charge >= 0.3 is 11.9 Å². The van der Waals surface area contributed by atoms with E-state index >= 15 is 0 Å². The molecule has 206 valence electrons. The highest BCUT2D eigenvalue weighted by Crippen LogP contribution is 2.24. The Morgan fingerprint density at radius 1 is 0.769 bits per heavy atom. The quantitative estimate of drug-likeness (QED) is 0.0861. The van der Waals surface area contributed by atoms with Crippen molar-refractivity contribution >= 4 is 11.9 Å². The zero-order valence-corrected chi connectivity index (χ0v) is 23.4. The Morgan fingerprint density at radius 3 is 1.92 bits per heavy atom. The largest absolute Gasteiger partial charge is 0.494 e. The molecule has 1 atom stereocenters. The van der Waals surface area contributed by atoms with Crippen molar-refractivity contribution in [3.63, 3.8) is 0 Å². The third kappa shape index (κ3) is 10.1. The minimum Gasteiger partial charge on any atom is -0.494 e. The van der Waals surface area contributed by atoms with Gasteiger partial charge in [-0.05, 0) is 98.0 Å². The smallest absolute Gasteiger partial charge is 0.343 e. The van der Waals surface area contributed by atoms with Gasteiger partial charge in [-0.25, -0.2) is 9.59 Å². The van der Waals surface area contributed by atoms with E-state index in [1.54, 1.807) is 31.2 Å². The highest BCUT2D eigenvalue weighted by molar-refractivity contribution is 5.91. The molecule has 39 heavy (non-hydrogen) atoms. The average molecular weight is 529 g/mol. The number of ether oxygens (including phenoxy) is 3. The molecule has 0 aliphatic rings. The molecule has 0 amide bonds. The normalized spacial score (nSPS) is 11.5. The van der Waals surface area contributed by atoms with E-state index in [2.05, 4.69) is 44.7 Å². The van der Waals surface area contributed by atoms with Crippen LogP contribution < -0.4 is 9.47 Å². The third-order valence-corrected chi connectivity index (χ3v) is 6.61. The van der Waals surface area contributed by atoms with Crippen LogP contribution >= 0.6 is 0 Å². The van der Waals surface area contributed by atoms with E-state index < -0.39 is 5.97 Å². The van der Waals surface area contributed by atoms with Crippen LogP contribution in [0.4, 0.5) is 0 Å². The van der Waals surface area contributed by atoms with Crippen LogP contribution in [0.2, 0.25) is 0 Å². The van der Waals surface area contributed by atoms with Crippen molar-refractivity contribution in [3.8, 4) is 22.6 Å². The third-order valence-electron chi connectivity index (χ3n) is 6.61. The summed E-state index contributed by atoms with van der Waals surface area (Å²) in [7, 11) is 0. The van der Waals surface area contributed by atoms with Crippen molar-refractivity contribution in [2.24, 2.45) is 5.92 Å². The fourth-order valence-corrected chi connectivity index (χ4v) is 3.98. The summed E-state index contributed by atoms with van der Waals surface area (Å²) in [6.07, 6.45) is 5.94. The first-order valence-electron chi connectivity index (χ1n) is 13.8. The molecule has 5 heteroatoms. The number of esters is 2. The lowest BCUT2D eigenvalue weighted by molar-refractivity contribution is -0.139. The zero-order chi connectivity index (χ0) is 28.0. The van der Waals surface area contributed by atoms with Crippen molar-refractivity contribution in [2.75, 3.05) is 13.2 Å². The molecule has 0 saturated carbocycles. The van der Waals surface area contributed by atoms with Gasteiger partial charge in [0.1, 0.15) is 11.5 Å². The second-order valence-corrected chi connectivity index (χ2v) is 10.0. The Kier molecular flexibility index (Phi) is 11.8. The summed E-state index contributed by atoms with van der Waals surface area (Å²) in [5.41, 5.74) is 4.46. The van der Waals surface area contributed by atoms with E-state index in [1.807, 2.05) is 24.3 Å². The monoisotopic (exact) mass is 528 g/mol. The number of hydrogen-bond acceptors (Lipinski definition) is 5. The Balaban J connectivity index is 1.38. The van der Waals surface area contributed by atoms with Crippen molar-refractivity contribution in [2.45, 2.75) is 59.3 Å². The summed E-state index contributed by atoms with van der Waals surface area (Å²) >= 11 is 0. The van der Waals surface area contributed by atoms with Crippen LogP contribution in [0.1, 0.15) is 68.8 Å². The molecule has 5 nitrogen and oxygen atoms in total. The highest BCUT2D eigenvalue weighted by atomic mass is 16.5. The number of hydrogen-bond donors (Lipinski definition) is 0. The summed E-state index contributed by atoms with van der Waals surface area (Å²) in [6, 6.07) is 23.2. The summed E-state index contributed by atoms with van der Waals surface area (Å²) in [4.78, 5) is 23.9. The molecule has 0 saturated heterocycles. The number of carbonyl (C=O) groups is 2. The summed E-state index contributed by atoms with van der Waals surface area (Å²) in [5.74, 6) is 1.16. The number of benzene rings is 3. The lowest BCUT2D eigenvalue weighted by atomic mass is 9.97. The van der Waals surface area contributed by atoms with Crippen LogP contribution in [0.25, 0.3) is 11.1 Å². The molecule has 1 unspecified atom stereocenters. The molecule has 0 N–H and O–H groups in total. The standard InChI is InChI=1S/C34H40O5/c1-5-26(4)24-27-10-12-28(13-11-27)29-14-20-32(21-15-29)39-34(36)30-16-18-31(19-17-30)37-22-8-6-7-9-23-38-33(35)25(2)3/h10-21,26H,2,5-9,22-24H2,1,3-4H3. The van der Waals surface area contributed by atoms with Crippen molar-refractivity contribution in [1.29, 1.82) is 0 Å². The Labute approximate surface area is 232 Å². The van der Waals surface area contributed by atoms with Gasteiger partial charge in [-0.15, -0.1) is 0 Å². The van der Waals surface area contributed by atoms with Gasteiger partial charge in [-0.3, -0.25) is 0 Å². The summed E-state index contributed by atoms with van der Waals surface area (Å²) in [5, 5.41) is 0. The molecule has 0 spiro atoms. The van der Waals surface area contributed by atoms with Crippen LogP contribution in [0, 0.1) is 5.92 Å². The van der Waals surface area contributed by atoms with Crippen LogP contribution in [-0.4, -0.2) is 25.2 Å². The minimum absolute atomic E-state index is 0.336. The van der Waals surface area contributed by atoms with Gasteiger partial charge in [-0.2, -0.15) is 0 Å². The van der Waals surface area contributed by atoms with Gasteiger partial charge in [0.2, 0.25) is 0 Å². The van der Waals surface area contributed by atoms with Crippen LogP contribution in [-0.2, 0) is 16.0 Å². The number of unbranched alkanes of at least 4 members (excludes halogenated alkanes) is 3. The maximum atomic E-state index is 12.6. The lowest BCUT2D eigenvalue weighted by Gasteiger charge is -2.10. The number of carbonyl (C=O) groups excluding carboxylic acids is 2. The fourth-order valence-electron chi connectivity index (χ4n) is 3.98. The predicted octanol–water partition coefficient (Wildman–Crippen LogP) is 8.22. The van der Waals surface area contributed by atoms with Crippen molar-refractivity contribution in [1.82, 2.24) is 0 Å². The van der Waals surface area contributed by atoms with Crippen LogP contribution in [0.3, 0.4) is 0 Å². The Bertz CT molecular complexity index is 1190. The molecule has 0 aromatic heterocycles. The van der Waals surface area contributed by atoms with Gasteiger partial charge in [0.05, 0.1) is 18.8 Å². The first-order valence-corrected chi connectivity index (χ1v) is 13.8. The van der Waals surface area contributed by atoms with Gasteiger partial charge < -0.3 is 14.2 Å². The first kappa shape index (κ1) is 29.7. The molecule has 0 aliphatic carbocycles. The lowest BCUT2D eigenvalue weighted by Crippen LogP contribution is -2.08. The fraction of sp³-hybridized carbons (Fsp3) is 0.353. The molecular formula is C34H40O5. The van der Waals surface area contributed by atoms with Crippen molar-refractivity contribution in [3.05, 3.63) is 96.1 Å². The van der Waals surface area contributed by atoms with Gasteiger partial charge in [0.25, 0.3) is 0 Å². The van der Waals surface area contributed by atoms with E-state index in [9.17, 15) is 9.59 Å². The molecule has 3 rings (SSSR count). The van der Waals surface area contributed by atoms with E-state index in [4.69, 9.17) is 14.2 Å². The maximum Gasteiger partial charge on any atom is 0.343 e. The average Bonchev–Trinajstić information content (AvgIpc) is 2.95. The van der Waals surface area contributed by atoms with Gasteiger partial charge in [-0.1, -0.05) is 63.2 Å². The zero-order valence-electron chi connectivity index (χ0n) is 23.4. The van der Waals surface area contributed by atoms with E-state index in [0.29, 0.717) is 41.8 Å². The molecule has 0 radical (unpaired) electrons.